The van der Waals surface area contributed by atoms with Gasteiger partial charge in [0.1, 0.15) is 0 Å². The molecule has 3 fully saturated rings. The number of nitrogens with zero attached hydrogens (tertiary/aromatic N) is 2. The molecule has 2 saturated carbocycles. The van der Waals surface area contributed by atoms with E-state index in [1.54, 1.807) is 6.92 Å². The van der Waals surface area contributed by atoms with Crippen LogP contribution < -0.4 is 5.32 Å². The maximum atomic E-state index is 11.4. The topological polar surface area (TPSA) is 109 Å². The number of ether oxygens (including phenoxy) is 1. The highest BCUT2D eigenvalue weighted by atomic mass is 16.5. The van der Waals surface area contributed by atoms with E-state index in [4.69, 9.17) is 4.74 Å². The molecule has 6 heteroatoms. The van der Waals surface area contributed by atoms with Crippen LogP contribution in [0.5, 0.6) is 0 Å². The summed E-state index contributed by atoms with van der Waals surface area (Å²) in [7, 11) is 1.92. The van der Waals surface area contributed by atoms with Crippen molar-refractivity contribution in [1.29, 1.82) is 10.5 Å². The van der Waals surface area contributed by atoms with Gasteiger partial charge in [0.05, 0.1) is 46.9 Å². The zero-order valence-electron chi connectivity index (χ0n) is 18.7. The van der Waals surface area contributed by atoms with Gasteiger partial charge in [-0.3, -0.25) is 0 Å². The lowest BCUT2D eigenvalue weighted by Gasteiger charge is -2.58. The number of aliphatic hydroxyl groups is 2. The molecule has 0 amide bonds. The number of hydrogen-bond donors (Lipinski definition) is 3. The molecular weight excluding hydrogens is 366 g/mol. The largest absolute Gasteiger partial charge is 0.393 e. The molecule has 0 bridgehead atoms. The van der Waals surface area contributed by atoms with Gasteiger partial charge in [-0.1, -0.05) is 0 Å². The second kappa shape index (κ2) is 7.20. The van der Waals surface area contributed by atoms with Crippen LogP contribution in [0.4, 0.5) is 0 Å². The van der Waals surface area contributed by atoms with Crippen LogP contribution in [-0.2, 0) is 4.74 Å². The minimum absolute atomic E-state index is 0.00416. The first-order chi connectivity index (χ1) is 13.4. The molecular formula is C23H37N3O3. The summed E-state index contributed by atoms with van der Waals surface area (Å²) in [5.74, 6) is -0.716. The Morgan fingerprint density at radius 1 is 1.03 bits per heavy atom. The Balaban J connectivity index is 2.02. The van der Waals surface area contributed by atoms with Crippen molar-refractivity contribution in [2.24, 2.45) is 28.6 Å². The van der Waals surface area contributed by atoms with E-state index in [-0.39, 0.29) is 29.4 Å². The highest BCUT2D eigenvalue weighted by Gasteiger charge is 2.64. The van der Waals surface area contributed by atoms with Gasteiger partial charge in [-0.2, -0.15) is 10.5 Å². The second-order valence-electron chi connectivity index (χ2n) is 11.0. The van der Waals surface area contributed by atoms with Gasteiger partial charge in [-0.25, -0.2) is 0 Å². The zero-order chi connectivity index (χ0) is 21.8. The van der Waals surface area contributed by atoms with Crippen molar-refractivity contribution < 1.29 is 14.9 Å². The Morgan fingerprint density at radius 3 is 2.21 bits per heavy atom. The van der Waals surface area contributed by atoms with Crippen molar-refractivity contribution in [1.82, 2.24) is 5.32 Å². The van der Waals surface area contributed by atoms with Crippen molar-refractivity contribution in [3.8, 4) is 12.1 Å². The average molecular weight is 404 g/mol. The number of nitriles is 2. The predicted octanol–water partition coefficient (Wildman–Crippen LogP) is 2.75. The van der Waals surface area contributed by atoms with Gasteiger partial charge < -0.3 is 20.3 Å². The molecule has 29 heavy (non-hydrogen) atoms. The van der Waals surface area contributed by atoms with Crippen LogP contribution in [-0.4, -0.2) is 46.7 Å². The van der Waals surface area contributed by atoms with Gasteiger partial charge >= 0.3 is 0 Å². The van der Waals surface area contributed by atoms with E-state index < -0.39 is 28.6 Å². The molecule has 0 aromatic rings. The van der Waals surface area contributed by atoms with E-state index in [1.807, 2.05) is 20.9 Å². The van der Waals surface area contributed by atoms with E-state index in [9.17, 15) is 20.7 Å². The number of likely N-dealkylation sites (N-methyl/N-ethyl adjacent to an activating group) is 1. The summed E-state index contributed by atoms with van der Waals surface area (Å²) in [6, 6.07) is 4.76. The fraction of sp³-hybridized carbons (Fsp3) is 0.913. The summed E-state index contributed by atoms with van der Waals surface area (Å²) in [5.41, 5.74) is -2.39. The fourth-order valence-electron chi connectivity index (χ4n) is 6.44. The number of rotatable bonds is 3. The van der Waals surface area contributed by atoms with Gasteiger partial charge in [0.25, 0.3) is 0 Å². The van der Waals surface area contributed by atoms with Gasteiger partial charge in [0, 0.05) is 11.5 Å². The monoisotopic (exact) mass is 403 g/mol. The lowest BCUT2D eigenvalue weighted by atomic mass is 9.47. The van der Waals surface area contributed by atoms with Crippen LogP contribution >= 0.6 is 0 Å². The first kappa shape index (κ1) is 22.5. The smallest absolute Gasteiger partial charge is 0.0807 e. The SMILES string of the molecule is CNC(C)(C)C1CCC(C)(C2C(O)CC(C)(C#N)C3CCC(C)(C#N)C(O)C32)O1. The minimum atomic E-state index is -0.893. The fourth-order valence-corrected chi connectivity index (χ4v) is 6.44. The first-order valence-electron chi connectivity index (χ1n) is 10.9. The van der Waals surface area contributed by atoms with Gasteiger partial charge in [0.15, 0.2) is 0 Å². The summed E-state index contributed by atoms with van der Waals surface area (Å²) in [5, 5.41) is 45.7. The maximum Gasteiger partial charge on any atom is 0.0807 e. The second-order valence-corrected chi connectivity index (χ2v) is 11.0. The molecule has 1 aliphatic heterocycles. The summed E-state index contributed by atoms with van der Waals surface area (Å²) in [6.07, 6.45) is 1.66. The third kappa shape index (κ3) is 3.39. The Morgan fingerprint density at radius 2 is 1.66 bits per heavy atom. The standard InChI is InChI=1S/C23H37N3O3/c1-20(2,26-6)16-8-10-23(5,29-16)18-15(27)11-22(4,13-25)14-7-9-21(3,12-24)19(28)17(14)18/h14-19,26-28H,7-11H2,1-6H3. The molecule has 3 aliphatic rings. The molecule has 1 saturated heterocycles. The third-order valence-corrected chi connectivity index (χ3v) is 8.72. The summed E-state index contributed by atoms with van der Waals surface area (Å²) < 4.78 is 6.62. The molecule has 0 aromatic carbocycles. The van der Waals surface area contributed by atoms with Crippen molar-refractivity contribution in [2.45, 2.75) is 96.2 Å². The predicted molar refractivity (Wildman–Crippen MR) is 109 cm³/mol. The average Bonchev–Trinajstić information content (AvgIpc) is 3.08. The normalized spacial score (nSPS) is 50.4. The minimum Gasteiger partial charge on any atom is -0.393 e. The summed E-state index contributed by atoms with van der Waals surface area (Å²) in [6.45, 7) is 9.97. The van der Waals surface area contributed by atoms with E-state index in [0.717, 1.165) is 12.8 Å². The molecule has 1 heterocycles. The van der Waals surface area contributed by atoms with Crippen LogP contribution in [0, 0.1) is 51.2 Å². The van der Waals surface area contributed by atoms with Crippen LogP contribution in [0.1, 0.15) is 66.7 Å². The number of nitrogens with one attached hydrogen (secondary N) is 1. The highest BCUT2D eigenvalue weighted by molar-refractivity contribution is 5.19. The van der Waals surface area contributed by atoms with Crippen LogP contribution in [0.25, 0.3) is 0 Å². The summed E-state index contributed by atoms with van der Waals surface area (Å²) in [4.78, 5) is 0. The third-order valence-electron chi connectivity index (χ3n) is 8.72. The van der Waals surface area contributed by atoms with E-state index in [2.05, 4.69) is 31.3 Å². The molecule has 162 valence electrons. The first-order valence-corrected chi connectivity index (χ1v) is 10.9. The van der Waals surface area contributed by atoms with Gasteiger partial charge in [0.2, 0.25) is 0 Å². The lowest BCUT2D eigenvalue weighted by Crippen LogP contribution is -2.63. The summed E-state index contributed by atoms with van der Waals surface area (Å²) >= 11 is 0. The van der Waals surface area contributed by atoms with Crippen molar-refractivity contribution >= 4 is 0 Å². The number of hydrogen-bond acceptors (Lipinski definition) is 6. The number of fused-ring (bicyclic) bond motifs is 1. The molecule has 2 aliphatic carbocycles. The highest BCUT2D eigenvalue weighted by Crippen LogP contribution is 2.60. The Kier molecular flexibility index (Phi) is 5.59. The maximum absolute atomic E-state index is 11.4. The Labute approximate surface area is 175 Å². The molecule has 0 spiro atoms. The molecule has 9 atom stereocenters. The van der Waals surface area contributed by atoms with E-state index in [1.165, 1.54) is 0 Å². The van der Waals surface area contributed by atoms with Crippen LogP contribution in [0.3, 0.4) is 0 Å². The van der Waals surface area contributed by atoms with Crippen LogP contribution in [0.15, 0.2) is 0 Å². The van der Waals surface area contributed by atoms with Gasteiger partial charge in [-0.15, -0.1) is 0 Å². The quantitative estimate of drug-likeness (QED) is 0.668. The van der Waals surface area contributed by atoms with Crippen LogP contribution in [0.2, 0.25) is 0 Å². The Hall–Kier alpha value is -1.18. The molecule has 6 nitrogen and oxygen atoms in total. The van der Waals surface area contributed by atoms with Gasteiger partial charge in [-0.05, 0) is 85.6 Å². The Bertz CT molecular complexity index is 728. The molecule has 0 radical (unpaired) electrons. The molecule has 3 N–H and O–H groups in total. The van der Waals surface area contributed by atoms with Crippen molar-refractivity contribution in [2.75, 3.05) is 7.05 Å². The van der Waals surface area contributed by atoms with Crippen molar-refractivity contribution in [3.05, 3.63) is 0 Å². The van der Waals surface area contributed by atoms with E-state index in [0.29, 0.717) is 19.3 Å². The molecule has 0 aromatic heterocycles. The molecule has 3 rings (SSSR count). The lowest BCUT2D eigenvalue weighted by molar-refractivity contribution is -0.212. The van der Waals surface area contributed by atoms with Crippen molar-refractivity contribution in [3.63, 3.8) is 0 Å². The number of aliphatic hydroxyl groups excluding tert-OH is 2. The molecule has 9 unspecified atom stereocenters. The van der Waals surface area contributed by atoms with E-state index >= 15 is 0 Å². The zero-order valence-corrected chi connectivity index (χ0v) is 18.7.